The van der Waals surface area contributed by atoms with Crippen LogP contribution in [0.3, 0.4) is 0 Å². The third kappa shape index (κ3) is 3.40. The van der Waals surface area contributed by atoms with E-state index in [9.17, 15) is 8.78 Å². The molecule has 0 spiro atoms. The van der Waals surface area contributed by atoms with Crippen LogP contribution in [0.25, 0.3) is 11.0 Å². The van der Waals surface area contributed by atoms with Crippen LogP contribution in [0.5, 0.6) is 0 Å². The molecule has 0 N–H and O–H groups in total. The third-order valence-corrected chi connectivity index (χ3v) is 3.31. The Hall–Kier alpha value is -0.910. The fourth-order valence-corrected chi connectivity index (χ4v) is 2.46. The summed E-state index contributed by atoms with van der Waals surface area (Å²) >= 11 is 12.3. The predicted molar refractivity (Wildman–Crippen MR) is 75.8 cm³/mol. The summed E-state index contributed by atoms with van der Waals surface area (Å²) in [5, 5.41) is 0.237. The zero-order valence-corrected chi connectivity index (χ0v) is 12.3. The highest BCUT2D eigenvalue weighted by Crippen LogP contribution is 2.29. The highest BCUT2D eigenvalue weighted by atomic mass is 35.5. The van der Waals surface area contributed by atoms with Crippen LogP contribution in [0.1, 0.15) is 18.1 Å². The van der Waals surface area contributed by atoms with Crippen LogP contribution in [0.4, 0.5) is 8.78 Å². The minimum absolute atomic E-state index is 0.150. The second-order valence-corrected chi connectivity index (χ2v) is 5.37. The number of benzene rings is 1. The van der Waals surface area contributed by atoms with Gasteiger partial charge in [0.15, 0.2) is 0 Å². The Kier molecular flexibility index (Phi) is 5.18. The molecule has 0 amide bonds. The number of ether oxygens (including phenoxy) is 1. The van der Waals surface area contributed by atoms with Gasteiger partial charge in [-0.3, -0.25) is 0 Å². The van der Waals surface area contributed by atoms with Crippen LogP contribution in [0, 0.1) is 0 Å². The molecule has 0 bridgehead atoms. The molecule has 2 aromatic rings. The summed E-state index contributed by atoms with van der Waals surface area (Å²) in [5.41, 5.74) is 1.48. The Morgan fingerprint density at radius 3 is 2.80 bits per heavy atom. The van der Waals surface area contributed by atoms with E-state index in [-0.39, 0.29) is 12.0 Å². The summed E-state index contributed by atoms with van der Waals surface area (Å²) in [6.45, 7) is 1.75. The number of aromatic nitrogens is 2. The zero-order chi connectivity index (χ0) is 14.7. The van der Waals surface area contributed by atoms with Crippen molar-refractivity contribution in [2.24, 2.45) is 0 Å². The lowest BCUT2D eigenvalue weighted by molar-refractivity contribution is 0.0148. The van der Waals surface area contributed by atoms with Crippen molar-refractivity contribution in [3.63, 3.8) is 0 Å². The van der Waals surface area contributed by atoms with Crippen molar-refractivity contribution < 1.29 is 13.5 Å². The molecule has 0 aliphatic carbocycles. The maximum Gasteiger partial charge on any atom is 0.261 e. The van der Waals surface area contributed by atoms with Gasteiger partial charge in [-0.1, -0.05) is 17.7 Å². The summed E-state index contributed by atoms with van der Waals surface area (Å²) < 4.78 is 30.8. The molecule has 0 saturated carbocycles. The zero-order valence-electron chi connectivity index (χ0n) is 10.8. The maximum atomic E-state index is 12.0. The van der Waals surface area contributed by atoms with Gasteiger partial charge in [0.05, 0.1) is 28.0 Å². The number of halogens is 4. The molecule has 0 radical (unpaired) electrons. The lowest BCUT2D eigenvalue weighted by Crippen LogP contribution is -2.13. The van der Waals surface area contributed by atoms with Gasteiger partial charge in [0, 0.05) is 6.54 Å². The second kappa shape index (κ2) is 6.70. The number of para-hydroxylation sites is 1. The number of hydrogen-bond acceptors (Lipinski definition) is 2. The van der Waals surface area contributed by atoms with E-state index in [1.807, 2.05) is 10.6 Å². The number of fused-ring (bicyclic) bond motifs is 1. The lowest BCUT2D eigenvalue weighted by Gasteiger charge is -2.11. The smallest absolute Gasteiger partial charge is 0.261 e. The van der Waals surface area contributed by atoms with Crippen molar-refractivity contribution in [2.45, 2.75) is 25.3 Å². The van der Waals surface area contributed by atoms with Crippen LogP contribution < -0.4 is 0 Å². The van der Waals surface area contributed by atoms with E-state index in [2.05, 4.69) is 4.98 Å². The summed E-state index contributed by atoms with van der Waals surface area (Å²) in [6, 6.07) is 5.39. The molecule has 110 valence electrons. The molecule has 1 heterocycles. The molecule has 1 aromatic carbocycles. The van der Waals surface area contributed by atoms with Crippen molar-refractivity contribution >= 4 is 34.2 Å². The van der Waals surface area contributed by atoms with E-state index < -0.39 is 13.0 Å². The van der Waals surface area contributed by atoms with Crippen molar-refractivity contribution in [1.82, 2.24) is 9.55 Å². The summed E-state index contributed by atoms with van der Waals surface area (Å²) in [5.74, 6) is 0.649. The number of nitrogens with zero attached hydrogens (tertiary/aromatic N) is 2. The highest BCUT2D eigenvalue weighted by Gasteiger charge is 2.16. The van der Waals surface area contributed by atoms with Gasteiger partial charge in [-0.15, -0.1) is 11.6 Å². The van der Waals surface area contributed by atoms with Gasteiger partial charge in [0.25, 0.3) is 6.43 Å². The molecule has 1 aromatic heterocycles. The van der Waals surface area contributed by atoms with Gasteiger partial charge in [-0.05, 0) is 19.1 Å². The topological polar surface area (TPSA) is 27.1 Å². The molecule has 0 fully saturated rings. The molecule has 0 saturated heterocycles. The molecule has 7 heteroatoms. The van der Waals surface area contributed by atoms with E-state index in [1.165, 1.54) is 0 Å². The van der Waals surface area contributed by atoms with Gasteiger partial charge in [0.2, 0.25) is 0 Å². The van der Waals surface area contributed by atoms with E-state index >= 15 is 0 Å². The van der Waals surface area contributed by atoms with Crippen LogP contribution in [-0.4, -0.2) is 29.2 Å². The Bertz CT molecular complexity index is 587. The summed E-state index contributed by atoms with van der Waals surface area (Å²) in [7, 11) is 0. The third-order valence-electron chi connectivity index (χ3n) is 2.81. The average molecular weight is 323 g/mol. The molecular formula is C13H14Cl2F2N2O. The first kappa shape index (κ1) is 15.5. The largest absolute Gasteiger partial charge is 0.374 e. The monoisotopic (exact) mass is 322 g/mol. The molecule has 20 heavy (non-hydrogen) atoms. The second-order valence-electron chi connectivity index (χ2n) is 4.31. The lowest BCUT2D eigenvalue weighted by atomic mass is 10.3. The molecule has 0 aliphatic heterocycles. The van der Waals surface area contributed by atoms with E-state index in [0.29, 0.717) is 17.4 Å². The van der Waals surface area contributed by atoms with E-state index in [1.54, 1.807) is 19.1 Å². The highest BCUT2D eigenvalue weighted by molar-refractivity contribution is 6.35. The Labute approximate surface area is 125 Å². The van der Waals surface area contributed by atoms with Gasteiger partial charge in [-0.2, -0.15) is 0 Å². The number of alkyl halides is 3. The maximum absolute atomic E-state index is 12.0. The molecule has 1 atom stereocenters. The first-order valence-corrected chi connectivity index (χ1v) is 6.96. The SMILES string of the molecule is CC(Cl)c1nc2cccc(Cl)c2n1CCOCC(F)F. The van der Waals surface area contributed by atoms with Gasteiger partial charge in [0.1, 0.15) is 12.4 Å². The number of rotatable bonds is 6. The standard InChI is InChI=1S/C13H14Cl2F2N2O/c1-8(14)13-18-10-4-2-3-9(15)12(10)19(13)5-6-20-7-11(16)17/h2-4,8,11H,5-7H2,1H3. The molecule has 3 nitrogen and oxygen atoms in total. The molecule has 1 unspecified atom stereocenters. The van der Waals surface area contributed by atoms with Crippen LogP contribution >= 0.6 is 23.2 Å². The quantitative estimate of drug-likeness (QED) is 0.586. The molecule has 0 aliphatic rings. The average Bonchev–Trinajstić information content (AvgIpc) is 2.75. The van der Waals surface area contributed by atoms with Crippen LogP contribution in [0.15, 0.2) is 18.2 Å². The van der Waals surface area contributed by atoms with Crippen molar-refractivity contribution in [1.29, 1.82) is 0 Å². The minimum atomic E-state index is -2.47. The fourth-order valence-electron chi connectivity index (χ4n) is 2.02. The van der Waals surface area contributed by atoms with E-state index in [4.69, 9.17) is 27.9 Å². The number of imidazole rings is 1. The Morgan fingerprint density at radius 1 is 1.40 bits per heavy atom. The first-order chi connectivity index (χ1) is 9.50. The molecule has 2 rings (SSSR count). The Morgan fingerprint density at radius 2 is 2.15 bits per heavy atom. The van der Waals surface area contributed by atoms with Crippen LogP contribution in [0.2, 0.25) is 5.02 Å². The predicted octanol–water partition coefficient (Wildman–Crippen LogP) is 4.27. The summed E-state index contributed by atoms with van der Waals surface area (Å²) in [4.78, 5) is 4.43. The number of hydrogen-bond donors (Lipinski definition) is 0. The van der Waals surface area contributed by atoms with Gasteiger partial charge >= 0.3 is 0 Å². The van der Waals surface area contributed by atoms with E-state index in [0.717, 1.165) is 11.0 Å². The molecular weight excluding hydrogens is 309 g/mol. The van der Waals surface area contributed by atoms with Crippen LogP contribution in [-0.2, 0) is 11.3 Å². The Balaban J connectivity index is 2.27. The fraction of sp³-hybridized carbons (Fsp3) is 0.462. The van der Waals surface area contributed by atoms with Crippen molar-refractivity contribution in [2.75, 3.05) is 13.2 Å². The van der Waals surface area contributed by atoms with Crippen molar-refractivity contribution in [3.05, 3.63) is 29.0 Å². The summed E-state index contributed by atoms with van der Waals surface area (Å²) in [6.07, 6.45) is -2.47. The van der Waals surface area contributed by atoms with Gasteiger partial charge < -0.3 is 9.30 Å². The first-order valence-electron chi connectivity index (χ1n) is 6.15. The normalized spacial score (nSPS) is 13.3. The minimum Gasteiger partial charge on any atom is -0.374 e. The van der Waals surface area contributed by atoms with Gasteiger partial charge in [-0.25, -0.2) is 13.8 Å². The van der Waals surface area contributed by atoms with Crippen molar-refractivity contribution in [3.8, 4) is 0 Å².